The number of hydrogen-bond acceptors (Lipinski definition) is 4. The Morgan fingerprint density at radius 3 is 2.43 bits per heavy atom. The molecule has 1 heterocycles. The first-order valence-corrected chi connectivity index (χ1v) is 6.19. The van der Waals surface area contributed by atoms with Gasteiger partial charge in [-0.1, -0.05) is 0 Å². The normalized spacial score (nSPS) is 19.0. The summed E-state index contributed by atoms with van der Waals surface area (Å²) >= 11 is 0. The number of nitrogens with two attached hydrogens (primary N) is 2. The predicted molar refractivity (Wildman–Crippen MR) is 72.2 cm³/mol. The van der Waals surface area contributed by atoms with Crippen LogP contribution in [0.2, 0.25) is 0 Å². The molecule has 5 nitrogen and oxygen atoms in total. The fraction of sp³-hybridized carbons (Fsp3) is 0.214. The van der Waals surface area contributed by atoms with Gasteiger partial charge >= 0.3 is 11.8 Å². The number of primary amides is 1. The average Bonchev–Trinajstić information content (AvgIpc) is 2.45. The molecule has 1 aliphatic rings. The predicted octanol–water partition coefficient (Wildman–Crippen LogP) is 1.95. The first-order valence-electron chi connectivity index (χ1n) is 6.19. The van der Waals surface area contributed by atoms with E-state index in [1.54, 1.807) is 6.07 Å². The minimum Gasteiger partial charge on any atom is -0.398 e. The summed E-state index contributed by atoms with van der Waals surface area (Å²) in [5.41, 5.74) is 6.09. The molecule has 0 spiro atoms. The Morgan fingerprint density at radius 2 is 1.91 bits per heavy atom. The molecule has 0 fully saturated rings. The van der Waals surface area contributed by atoms with E-state index in [0.29, 0.717) is 6.08 Å². The maximum absolute atomic E-state index is 14.3. The molecular formula is C14H10F4N4O. The lowest BCUT2D eigenvalue weighted by molar-refractivity contribution is -0.148. The highest BCUT2D eigenvalue weighted by Crippen LogP contribution is 2.52. The van der Waals surface area contributed by atoms with Crippen LogP contribution in [0, 0.1) is 11.3 Å². The largest absolute Gasteiger partial charge is 0.398 e. The van der Waals surface area contributed by atoms with E-state index in [0.717, 1.165) is 19.2 Å². The van der Waals surface area contributed by atoms with Crippen molar-refractivity contribution in [2.24, 2.45) is 11.5 Å². The third-order valence-corrected chi connectivity index (χ3v) is 3.38. The second-order valence-electron chi connectivity index (χ2n) is 4.90. The second kappa shape index (κ2) is 5.08. The van der Waals surface area contributed by atoms with Crippen LogP contribution >= 0.6 is 0 Å². The lowest BCUT2D eigenvalue weighted by atomic mass is 9.84. The topological polar surface area (TPSA) is 106 Å². The van der Waals surface area contributed by atoms with Crippen LogP contribution in [-0.4, -0.2) is 22.7 Å². The molecule has 0 saturated heterocycles. The summed E-state index contributed by atoms with van der Waals surface area (Å²) in [4.78, 5) is 14.9. The van der Waals surface area contributed by atoms with Gasteiger partial charge in [-0.25, -0.2) is 4.98 Å². The number of aromatic nitrogens is 1. The molecule has 9 heteroatoms. The van der Waals surface area contributed by atoms with E-state index >= 15 is 0 Å². The number of hydrogen-bond donors (Lipinski definition) is 2. The summed E-state index contributed by atoms with van der Waals surface area (Å²) in [6.45, 7) is 0.816. The van der Waals surface area contributed by atoms with Crippen molar-refractivity contribution in [1.82, 2.24) is 4.98 Å². The van der Waals surface area contributed by atoms with Crippen molar-refractivity contribution in [2.75, 3.05) is 0 Å². The number of carbonyl (C=O) groups excluding carboxylic acids is 1. The highest BCUT2D eigenvalue weighted by molar-refractivity contribution is 5.98. The van der Waals surface area contributed by atoms with E-state index in [1.807, 2.05) is 0 Å². The zero-order chi connectivity index (χ0) is 17.6. The van der Waals surface area contributed by atoms with Crippen LogP contribution in [0.4, 0.5) is 17.6 Å². The number of nitriles is 1. The van der Waals surface area contributed by atoms with E-state index in [4.69, 9.17) is 16.7 Å². The molecule has 0 unspecified atom stereocenters. The summed E-state index contributed by atoms with van der Waals surface area (Å²) in [5, 5.41) is 8.83. The number of halogens is 4. The van der Waals surface area contributed by atoms with Crippen LogP contribution in [0.3, 0.4) is 0 Å². The molecule has 4 N–H and O–H groups in total. The first kappa shape index (κ1) is 16.5. The Morgan fingerprint density at radius 1 is 1.30 bits per heavy atom. The maximum atomic E-state index is 14.3. The van der Waals surface area contributed by atoms with E-state index in [1.165, 1.54) is 0 Å². The van der Waals surface area contributed by atoms with Crippen LogP contribution in [0.5, 0.6) is 0 Å². The molecule has 1 aliphatic carbocycles. The van der Waals surface area contributed by atoms with Crippen LogP contribution < -0.4 is 11.5 Å². The number of alkyl halides is 4. The van der Waals surface area contributed by atoms with E-state index < -0.39 is 45.9 Å². The third-order valence-electron chi connectivity index (χ3n) is 3.38. The van der Waals surface area contributed by atoms with Crippen LogP contribution in [0.15, 0.2) is 29.6 Å². The number of carbonyl (C=O) groups is 1. The monoisotopic (exact) mass is 326 g/mol. The van der Waals surface area contributed by atoms with Gasteiger partial charge in [0.25, 0.3) is 5.91 Å². The summed E-state index contributed by atoms with van der Waals surface area (Å²) < 4.78 is 56.4. The zero-order valence-corrected chi connectivity index (χ0v) is 11.7. The Hall–Kier alpha value is -2.89. The van der Waals surface area contributed by atoms with Gasteiger partial charge in [-0.05, 0) is 19.1 Å². The van der Waals surface area contributed by atoms with Crippen molar-refractivity contribution in [1.29, 1.82) is 5.26 Å². The highest BCUT2D eigenvalue weighted by Gasteiger charge is 2.62. The molecule has 2 rings (SSSR count). The second-order valence-corrected chi connectivity index (χ2v) is 4.90. The zero-order valence-electron chi connectivity index (χ0n) is 11.7. The molecule has 1 aromatic rings. The summed E-state index contributed by atoms with van der Waals surface area (Å²) in [7, 11) is 0. The Bertz CT molecular complexity index is 805. The van der Waals surface area contributed by atoms with Gasteiger partial charge in [-0.3, -0.25) is 4.79 Å². The van der Waals surface area contributed by atoms with Crippen molar-refractivity contribution in [2.45, 2.75) is 18.8 Å². The number of rotatable bonds is 2. The quantitative estimate of drug-likeness (QED) is 0.810. The number of pyridine rings is 1. The highest BCUT2D eigenvalue weighted by atomic mass is 19.3. The molecule has 23 heavy (non-hydrogen) atoms. The summed E-state index contributed by atoms with van der Waals surface area (Å²) in [6.07, 6.45) is 1.61. The Labute approximate surface area is 127 Å². The van der Waals surface area contributed by atoms with Gasteiger partial charge < -0.3 is 11.5 Å². The van der Waals surface area contributed by atoms with Crippen molar-refractivity contribution < 1.29 is 22.4 Å². The molecule has 0 aliphatic heterocycles. The Kier molecular flexibility index (Phi) is 3.64. The molecule has 0 atom stereocenters. The van der Waals surface area contributed by atoms with Crippen molar-refractivity contribution >= 4 is 11.5 Å². The number of nitrogens with zero attached hydrogens (tertiary/aromatic N) is 2. The van der Waals surface area contributed by atoms with Gasteiger partial charge in [0.1, 0.15) is 11.8 Å². The standard InChI is InChI=1S/C14H10F4N4O/c1-6-2-9(20)10(14(17,18)13(6,15)16)8-3-7(4-19)5-22-11(8)12(21)23/h2-3,5H,20H2,1H3,(H2,21,23). The molecular weight excluding hydrogens is 316 g/mol. The van der Waals surface area contributed by atoms with Gasteiger partial charge in [-0.2, -0.15) is 22.8 Å². The summed E-state index contributed by atoms with van der Waals surface area (Å²) in [6, 6.07) is 2.45. The smallest absolute Gasteiger partial charge is 0.342 e. The van der Waals surface area contributed by atoms with Crippen LogP contribution in [-0.2, 0) is 0 Å². The van der Waals surface area contributed by atoms with Gasteiger partial charge in [0.05, 0.1) is 11.1 Å². The van der Waals surface area contributed by atoms with E-state index in [9.17, 15) is 22.4 Å². The van der Waals surface area contributed by atoms with Gasteiger partial charge in [0, 0.05) is 23.0 Å². The van der Waals surface area contributed by atoms with Crippen molar-refractivity contribution in [3.05, 3.63) is 46.4 Å². The van der Waals surface area contributed by atoms with Crippen LogP contribution in [0.1, 0.15) is 28.5 Å². The van der Waals surface area contributed by atoms with Crippen molar-refractivity contribution in [3.63, 3.8) is 0 Å². The lowest BCUT2D eigenvalue weighted by Gasteiger charge is -2.33. The Balaban J connectivity index is 2.87. The molecule has 0 saturated carbocycles. The van der Waals surface area contributed by atoms with Gasteiger partial charge in [-0.15, -0.1) is 0 Å². The molecule has 0 radical (unpaired) electrons. The third kappa shape index (κ3) is 2.32. The molecule has 0 aromatic carbocycles. The van der Waals surface area contributed by atoms with Crippen LogP contribution in [0.25, 0.3) is 5.57 Å². The van der Waals surface area contributed by atoms with Crippen molar-refractivity contribution in [3.8, 4) is 6.07 Å². The molecule has 1 aromatic heterocycles. The van der Waals surface area contributed by atoms with Gasteiger partial charge in [0.2, 0.25) is 0 Å². The lowest BCUT2D eigenvalue weighted by Crippen LogP contribution is -2.46. The van der Waals surface area contributed by atoms with E-state index in [2.05, 4.69) is 4.98 Å². The molecule has 120 valence electrons. The number of amides is 1. The van der Waals surface area contributed by atoms with Gasteiger partial charge in [0.15, 0.2) is 0 Å². The number of allylic oxidation sites excluding steroid dienone is 3. The SMILES string of the molecule is CC1=CC(N)=C(c2cc(C#N)cnc2C(N)=O)C(F)(F)C1(F)F. The average molecular weight is 326 g/mol. The first-order chi connectivity index (χ1) is 10.5. The molecule has 0 bridgehead atoms. The summed E-state index contributed by atoms with van der Waals surface area (Å²) in [5.74, 6) is -10.4. The fourth-order valence-corrected chi connectivity index (χ4v) is 2.22. The van der Waals surface area contributed by atoms with E-state index in [-0.39, 0.29) is 5.56 Å². The minimum atomic E-state index is -4.70. The molecule has 1 amide bonds. The maximum Gasteiger partial charge on any atom is 0.342 e. The fourth-order valence-electron chi connectivity index (χ4n) is 2.22. The minimum absolute atomic E-state index is 0.212.